The van der Waals surface area contributed by atoms with Gasteiger partial charge in [-0.05, 0) is 74.4 Å². The molecule has 316 valence electrons. The van der Waals surface area contributed by atoms with Crippen LogP contribution >= 0.6 is 0 Å². The minimum absolute atomic E-state index is 0.0120. The maximum Gasteiger partial charge on any atom is 0.239 e. The molecule has 0 spiro atoms. The van der Waals surface area contributed by atoms with E-state index in [4.69, 9.17) is 4.98 Å². The van der Waals surface area contributed by atoms with E-state index in [0.29, 0.717) is 44.8 Å². The average Bonchev–Trinajstić information content (AvgIpc) is 3.31. The largest absolute Gasteiger partial charge is 0.375 e. The van der Waals surface area contributed by atoms with E-state index in [1.165, 1.54) is 6.33 Å². The summed E-state index contributed by atoms with van der Waals surface area (Å²) < 4.78 is 2.26. The van der Waals surface area contributed by atoms with E-state index in [2.05, 4.69) is 117 Å². The molecule has 0 bridgehead atoms. The number of nitrogens with zero attached hydrogens (tertiary/aromatic N) is 10. The first-order chi connectivity index (χ1) is 30.4. The third kappa shape index (κ3) is 11.3. The molecule has 0 saturated carbocycles. The van der Waals surface area contributed by atoms with Gasteiger partial charge in [-0.15, -0.1) is 25.0 Å². The molecule has 15 heteroatoms. The molecule has 0 aliphatic rings. The Labute approximate surface area is 361 Å². The molecule has 0 unspecified atom stereocenters. The van der Waals surface area contributed by atoms with Crippen LogP contribution in [-0.4, -0.2) is 90.1 Å². The zero-order valence-corrected chi connectivity index (χ0v) is 35.4. The molecule has 0 radical (unpaired) electrons. The van der Waals surface area contributed by atoms with E-state index in [1.54, 1.807) is 0 Å². The number of hydrogen-bond donors (Lipinski definition) is 3. The maximum atomic E-state index is 12.5. The van der Waals surface area contributed by atoms with Gasteiger partial charge in [0.15, 0.2) is 6.33 Å². The summed E-state index contributed by atoms with van der Waals surface area (Å²) in [5.74, 6) is 0.382. The molecule has 3 N–H and O–H groups in total. The highest BCUT2D eigenvalue weighted by Crippen LogP contribution is 2.27. The van der Waals surface area contributed by atoms with Gasteiger partial charge in [-0.2, -0.15) is 10.2 Å². The molecular formula is C47H52N13O2+. The van der Waals surface area contributed by atoms with Crippen LogP contribution in [0, 0.1) is 0 Å². The van der Waals surface area contributed by atoms with Gasteiger partial charge in [-0.1, -0.05) is 42.5 Å². The number of azo groups is 1. The highest BCUT2D eigenvalue weighted by Gasteiger charge is 2.21. The van der Waals surface area contributed by atoms with Crippen LogP contribution in [0.3, 0.4) is 0 Å². The predicted octanol–water partition coefficient (Wildman–Crippen LogP) is 6.45. The summed E-state index contributed by atoms with van der Waals surface area (Å²) in [5.41, 5.74) is 10.2. The number of fused-ring (bicyclic) bond motifs is 2. The normalized spacial score (nSPS) is 11.3. The van der Waals surface area contributed by atoms with Crippen LogP contribution in [0.5, 0.6) is 0 Å². The zero-order chi connectivity index (χ0) is 43.1. The Balaban J connectivity index is 0.833. The number of benzene rings is 5. The fourth-order valence-electron chi connectivity index (χ4n) is 7.16. The van der Waals surface area contributed by atoms with Crippen molar-refractivity contribution in [3.8, 4) is 17.1 Å². The van der Waals surface area contributed by atoms with Gasteiger partial charge in [-0.3, -0.25) is 9.59 Å². The molecule has 0 aliphatic heterocycles. The topological polar surface area (TPSA) is 170 Å². The van der Waals surface area contributed by atoms with E-state index in [9.17, 15) is 9.59 Å². The standard InChI is InChI=1S/C47H51N13O2/c1-4-59(5-2)40-22-24-42-44(32-40)60(39-10-7-6-8-11-39)43-31-37(19-23-41(43)53-42)55-54-36-17-20-38(21-18-36)58(3)29-9-12-45(61)49-27-25-48-26-28-50-46(62)30-34-13-15-35(16-14-34)47-56-51-33-52-57-47/h6-8,10-11,13-24,31-33,48H,4-5,9,12,25-30H2,1-3H3,(H-,49,50,61,62)/p+1. The van der Waals surface area contributed by atoms with Crippen LogP contribution in [-0.2, 0) is 16.0 Å². The van der Waals surface area contributed by atoms with Crippen molar-refractivity contribution in [2.75, 3.05) is 62.7 Å². The number of rotatable bonds is 20. The smallest absolute Gasteiger partial charge is 0.239 e. The number of nitrogens with one attached hydrogen (secondary N) is 3. The summed E-state index contributed by atoms with van der Waals surface area (Å²) in [5, 5.41) is 33.7. The zero-order valence-electron chi connectivity index (χ0n) is 35.4. The van der Waals surface area contributed by atoms with Crippen molar-refractivity contribution in [2.24, 2.45) is 10.2 Å². The highest BCUT2D eigenvalue weighted by molar-refractivity contribution is 5.86. The van der Waals surface area contributed by atoms with Gasteiger partial charge in [0.2, 0.25) is 34.4 Å². The van der Waals surface area contributed by atoms with Crippen LogP contribution < -0.4 is 30.3 Å². The summed E-state index contributed by atoms with van der Waals surface area (Å²) in [6.07, 6.45) is 2.69. The van der Waals surface area contributed by atoms with Crippen LogP contribution in [0.25, 0.3) is 39.1 Å². The number of hydrogen-bond acceptors (Lipinski definition) is 12. The second-order valence-corrected chi connectivity index (χ2v) is 14.7. The fourth-order valence-corrected chi connectivity index (χ4v) is 7.16. The van der Waals surface area contributed by atoms with Crippen molar-refractivity contribution in [1.29, 1.82) is 0 Å². The first-order valence-electron chi connectivity index (χ1n) is 21.0. The van der Waals surface area contributed by atoms with E-state index >= 15 is 0 Å². The first-order valence-corrected chi connectivity index (χ1v) is 21.0. The van der Waals surface area contributed by atoms with Crippen LogP contribution in [0.1, 0.15) is 32.3 Å². The maximum absolute atomic E-state index is 12.5. The van der Waals surface area contributed by atoms with Gasteiger partial charge < -0.3 is 25.8 Å². The molecule has 5 aromatic carbocycles. The van der Waals surface area contributed by atoms with Gasteiger partial charge in [0.05, 0.1) is 17.8 Å². The van der Waals surface area contributed by atoms with Gasteiger partial charge in [0.1, 0.15) is 11.0 Å². The molecule has 2 heterocycles. The summed E-state index contributed by atoms with van der Waals surface area (Å²) in [7, 11) is 2.02. The number of carbonyl (C=O) groups is 2. The summed E-state index contributed by atoms with van der Waals surface area (Å²) in [6.45, 7) is 9.13. The summed E-state index contributed by atoms with van der Waals surface area (Å²) in [4.78, 5) is 34.3. The lowest BCUT2D eigenvalue weighted by Gasteiger charge is -2.20. The fraction of sp³-hybridized carbons (Fsp3) is 0.277. The van der Waals surface area contributed by atoms with Crippen molar-refractivity contribution in [2.45, 2.75) is 33.1 Å². The predicted molar refractivity (Wildman–Crippen MR) is 243 cm³/mol. The Morgan fingerprint density at radius 2 is 1.31 bits per heavy atom. The highest BCUT2D eigenvalue weighted by atomic mass is 16.2. The number of para-hydroxylation sites is 1. The quantitative estimate of drug-likeness (QED) is 0.0336. The van der Waals surface area contributed by atoms with Gasteiger partial charge in [-0.25, -0.2) is 4.98 Å². The van der Waals surface area contributed by atoms with E-state index in [1.807, 2.05) is 79.8 Å². The van der Waals surface area contributed by atoms with E-state index in [0.717, 1.165) is 81.3 Å². The van der Waals surface area contributed by atoms with Crippen LogP contribution in [0.4, 0.5) is 22.7 Å². The second kappa shape index (κ2) is 21.3. The molecule has 15 nitrogen and oxygen atoms in total. The lowest BCUT2D eigenvalue weighted by Crippen LogP contribution is -2.36. The summed E-state index contributed by atoms with van der Waals surface area (Å²) >= 11 is 0. The first kappa shape index (κ1) is 42.8. The molecule has 62 heavy (non-hydrogen) atoms. The Bertz CT molecular complexity index is 2590. The number of anilines is 2. The molecule has 0 atom stereocenters. The average molecular weight is 831 g/mol. The van der Waals surface area contributed by atoms with Crippen LogP contribution in [0.2, 0.25) is 0 Å². The van der Waals surface area contributed by atoms with Crippen molar-refractivity contribution < 1.29 is 14.2 Å². The number of aromatic nitrogens is 6. The third-order valence-electron chi connectivity index (χ3n) is 10.5. The van der Waals surface area contributed by atoms with Gasteiger partial charge >= 0.3 is 0 Å². The van der Waals surface area contributed by atoms with Gasteiger partial charge in [0, 0.05) is 100 Å². The molecule has 0 saturated heterocycles. The molecule has 0 fully saturated rings. The Morgan fingerprint density at radius 1 is 0.677 bits per heavy atom. The molecule has 7 rings (SSSR count). The molecule has 2 aromatic heterocycles. The van der Waals surface area contributed by atoms with Crippen molar-refractivity contribution in [1.82, 2.24) is 41.3 Å². The Kier molecular flexibility index (Phi) is 14.7. The lowest BCUT2D eigenvalue weighted by atomic mass is 10.1. The van der Waals surface area contributed by atoms with Crippen LogP contribution in [0.15, 0.2) is 132 Å². The molecule has 7 aromatic rings. The Hall–Kier alpha value is -7.26. The van der Waals surface area contributed by atoms with Crippen molar-refractivity contribution in [3.05, 3.63) is 127 Å². The number of amides is 2. The second-order valence-electron chi connectivity index (χ2n) is 14.7. The molecular weight excluding hydrogens is 779 g/mol. The van der Waals surface area contributed by atoms with Crippen molar-refractivity contribution in [3.63, 3.8) is 0 Å². The Morgan fingerprint density at radius 3 is 2.02 bits per heavy atom. The SMILES string of the molecule is CCN(CC)c1ccc2nc3ccc(N=Nc4ccc(N(C)CCCC(=O)NCCNCCNC(=O)Cc5ccc(-c6nncnn6)cc5)cc4)cc3[n+](-c3ccccc3)c2c1. The van der Waals surface area contributed by atoms with Gasteiger partial charge in [0.25, 0.3) is 0 Å². The van der Waals surface area contributed by atoms with E-state index < -0.39 is 0 Å². The van der Waals surface area contributed by atoms with Crippen molar-refractivity contribution >= 4 is 56.6 Å². The molecule has 2 amide bonds. The molecule has 0 aliphatic carbocycles. The third-order valence-corrected chi connectivity index (χ3v) is 10.5. The monoisotopic (exact) mass is 830 g/mol. The summed E-state index contributed by atoms with van der Waals surface area (Å²) in [6, 6.07) is 38.2. The van der Waals surface area contributed by atoms with E-state index in [-0.39, 0.29) is 18.2 Å². The lowest BCUT2D eigenvalue weighted by molar-refractivity contribution is -0.538. The number of carbonyl (C=O) groups excluding carboxylic acids is 2. The minimum Gasteiger partial charge on any atom is -0.375 e. The minimum atomic E-state index is -0.0651.